The first-order valence-electron chi connectivity index (χ1n) is 55.4. The molecule has 0 aromatic heterocycles. The molecule has 21 rings (SSSR count). The van der Waals surface area contributed by atoms with E-state index in [1.54, 1.807) is 34.6 Å². The maximum Gasteiger partial charge on any atom is 0.426 e. The zero-order chi connectivity index (χ0) is 111. The summed E-state index contributed by atoms with van der Waals surface area (Å²) in [6.07, 6.45) is 8.13. The number of carboxylic acid groups (broad SMARTS) is 1. The molecule has 21 aliphatic rings. The van der Waals surface area contributed by atoms with Gasteiger partial charge in [-0.2, -0.15) is 39.5 Å². The van der Waals surface area contributed by atoms with Gasteiger partial charge < -0.3 is 68.2 Å². The van der Waals surface area contributed by atoms with Gasteiger partial charge in [-0.05, 0) is 414 Å². The first-order chi connectivity index (χ1) is 67.1. The normalized spacial score (nSPS) is 36.3. The highest BCUT2D eigenvalue weighted by Gasteiger charge is 2.76. The van der Waals surface area contributed by atoms with Gasteiger partial charge in [-0.25, -0.2) is 4.79 Å². The van der Waals surface area contributed by atoms with Gasteiger partial charge in [0.15, 0.2) is 5.60 Å². The molecule has 33 heteroatoms. The summed E-state index contributed by atoms with van der Waals surface area (Å²) in [7, 11) is 0. The molecule has 0 amide bonds. The quantitative estimate of drug-likeness (QED) is 0.0322. The summed E-state index contributed by atoms with van der Waals surface area (Å²) in [5.41, 5.74) is -15.4. The number of esters is 9. The Hall–Kier alpha value is -6.09. The summed E-state index contributed by atoms with van der Waals surface area (Å²) in [6.45, 7) is 49.9. The van der Waals surface area contributed by atoms with Crippen LogP contribution in [-0.4, -0.2) is 180 Å². The van der Waals surface area contributed by atoms with Crippen molar-refractivity contribution in [3.63, 3.8) is 0 Å². The first-order valence-corrected chi connectivity index (χ1v) is 55.4. The highest BCUT2D eigenvalue weighted by Crippen LogP contribution is 2.66. The van der Waals surface area contributed by atoms with Gasteiger partial charge in [-0.15, -0.1) is 0 Å². The van der Waals surface area contributed by atoms with E-state index in [2.05, 4.69) is 27.7 Å². The van der Waals surface area contributed by atoms with E-state index in [0.717, 1.165) is 120 Å². The van der Waals surface area contributed by atoms with Gasteiger partial charge in [0, 0.05) is 42.9 Å². The molecule has 844 valence electrons. The predicted molar refractivity (Wildman–Crippen MR) is 530 cm³/mol. The van der Waals surface area contributed by atoms with Crippen molar-refractivity contribution >= 4 is 59.7 Å². The topological polar surface area (TPSA) is 355 Å². The van der Waals surface area contributed by atoms with Crippen molar-refractivity contribution in [3.8, 4) is 0 Å². The molecule has 19 aliphatic carbocycles. The minimum atomic E-state index is -6.28. The smallest absolute Gasteiger partial charge is 0.426 e. The van der Waals surface area contributed by atoms with Crippen LogP contribution in [-0.2, 0) is 90.6 Å². The summed E-state index contributed by atoms with van der Waals surface area (Å²) >= 11 is 0. The van der Waals surface area contributed by atoms with Gasteiger partial charge >= 0.3 is 78.2 Å². The lowest BCUT2D eigenvalue weighted by Crippen LogP contribution is -2.64. The number of fused-ring (bicyclic) bond motifs is 1. The van der Waals surface area contributed by atoms with Crippen LogP contribution in [0.1, 0.15) is 418 Å². The van der Waals surface area contributed by atoms with Gasteiger partial charge in [0.2, 0.25) is 6.10 Å². The van der Waals surface area contributed by atoms with Crippen molar-refractivity contribution in [2.75, 3.05) is 6.61 Å². The molecule has 0 aromatic rings. The van der Waals surface area contributed by atoms with E-state index in [1.165, 1.54) is 90.9 Å². The lowest BCUT2D eigenvalue weighted by atomic mass is 9.50. The van der Waals surface area contributed by atoms with Gasteiger partial charge in [-0.3, -0.25) is 43.2 Å². The molecule has 14 atom stereocenters. The van der Waals surface area contributed by atoms with Crippen molar-refractivity contribution in [1.82, 2.24) is 0 Å². The van der Waals surface area contributed by atoms with E-state index < -0.39 is 135 Å². The molecule has 21 fully saturated rings. The summed E-state index contributed by atoms with van der Waals surface area (Å²) in [5.74, 6) is 1.20. The first kappa shape index (κ1) is 123. The number of carbonyl (C=O) groups is 10. The summed E-state index contributed by atoms with van der Waals surface area (Å²) < 4.78 is 170. The zero-order valence-corrected chi connectivity index (χ0v) is 93.2. The third-order valence-electron chi connectivity index (χ3n) is 39.8. The molecule has 19 saturated carbocycles. The molecule has 0 radical (unpaired) electrons. The molecule has 0 aromatic carbocycles. The Labute approximate surface area is 867 Å². The van der Waals surface area contributed by atoms with E-state index in [1.807, 2.05) is 104 Å². The maximum atomic E-state index is 13.3. The third kappa shape index (κ3) is 26.8. The SMILES string of the molecule is CCC(C)(C)C(=O)O.CCC(C)(C)C(=O)OC1(C)C2CC3CC(C2)CC1C3.CCC(C)(C)C(=O)OC1(C)C2CC3CC(C2)CC1C3.CCC(C)(C)C(=O)OC12CC3CC(CC(O)(C3)C1)C2.CCC(C)(C)C(=O)OC12CC3CC(CC(O)(C3)C1)C2.CCC(C)(C)C(=O)OC1C2CC3C(=O)OC1C3C2.CCC(C)(C)C(=O)OC1CC(C(C)(O)C(F)(F)F)CC(C(O)(C(F)(F)F)C(F)(F)F)C1.CCC(C)(C)C(=O)OC1CCOC1=O. The van der Waals surface area contributed by atoms with E-state index in [4.69, 9.17) is 47.7 Å². The molecule has 5 N–H and O–H groups in total. The number of alkyl halides is 9. The minimum absolute atomic E-state index is 0.0185. The highest BCUT2D eigenvalue weighted by molar-refractivity contribution is 5.83. The fourth-order valence-corrected chi connectivity index (χ4v) is 27.1. The Morgan fingerprint density at radius 2 is 0.660 bits per heavy atom. The average molecular weight is 2110 g/mol. The van der Waals surface area contributed by atoms with Crippen LogP contribution < -0.4 is 0 Å². The Kier molecular flexibility index (Phi) is 37.0. The van der Waals surface area contributed by atoms with Crippen molar-refractivity contribution in [3.05, 3.63) is 0 Å². The van der Waals surface area contributed by atoms with Crippen molar-refractivity contribution in [2.45, 2.75) is 506 Å². The Bertz CT molecular complexity index is 4380. The molecule has 18 bridgehead atoms. The second kappa shape index (κ2) is 44.3. The van der Waals surface area contributed by atoms with Gasteiger partial charge in [-0.1, -0.05) is 55.4 Å². The van der Waals surface area contributed by atoms with E-state index in [0.29, 0.717) is 97.9 Å². The zero-order valence-electron chi connectivity index (χ0n) is 93.2. The fraction of sp³-hybridized carbons (Fsp3) is 0.912. The monoisotopic (exact) mass is 2110 g/mol. The van der Waals surface area contributed by atoms with E-state index in [9.17, 15) is 108 Å². The van der Waals surface area contributed by atoms with Crippen LogP contribution in [0.3, 0.4) is 0 Å². The lowest BCUT2D eigenvalue weighted by molar-refractivity contribution is -0.391. The number of aliphatic carboxylic acids is 1. The molecule has 14 unspecified atom stereocenters. The lowest BCUT2D eigenvalue weighted by Gasteiger charge is -2.59. The fourth-order valence-electron chi connectivity index (χ4n) is 27.1. The molecular formula is C114H181F9O24. The Balaban J connectivity index is 0.000000175. The molecule has 147 heavy (non-hydrogen) atoms. The van der Waals surface area contributed by atoms with Gasteiger partial charge in [0.1, 0.15) is 40.7 Å². The molecule has 2 aliphatic heterocycles. The molecular weight excluding hydrogens is 1920 g/mol. The Morgan fingerprint density at radius 1 is 0.354 bits per heavy atom. The highest BCUT2D eigenvalue weighted by atomic mass is 19.4. The second-order valence-corrected chi connectivity index (χ2v) is 54.1. The number of carboxylic acids is 1. The average Bonchev–Trinajstić information content (AvgIpc) is 1.54. The van der Waals surface area contributed by atoms with Crippen molar-refractivity contribution < 1.29 is 156 Å². The summed E-state index contributed by atoms with van der Waals surface area (Å²) in [5, 5.41) is 49.4. The van der Waals surface area contributed by atoms with Crippen LogP contribution in [0.4, 0.5) is 39.5 Å². The summed E-state index contributed by atoms with van der Waals surface area (Å²) in [4.78, 5) is 119. The van der Waals surface area contributed by atoms with Crippen molar-refractivity contribution in [2.24, 2.45) is 144 Å². The van der Waals surface area contributed by atoms with Crippen LogP contribution in [0.25, 0.3) is 0 Å². The number of halogens is 9. The largest absolute Gasteiger partial charge is 0.481 e. The number of carbonyl (C=O) groups excluding carboxylic acids is 9. The van der Waals surface area contributed by atoms with Gasteiger partial charge in [0.05, 0.1) is 67.0 Å². The molecule has 0 spiro atoms. The minimum Gasteiger partial charge on any atom is -0.481 e. The molecule has 24 nitrogen and oxygen atoms in total. The number of rotatable bonds is 25. The predicted octanol–water partition coefficient (Wildman–Crippen LogP) is 24.1. The van der Waals surface area contributed by atoms with E-state index in [-0.39, 0.29) is 106 Å². The number of hydrogen-bond donors (Lipinski definition) is 5. The van der Waals surface area contributed by atoms with Crippen LogP contribution >= 0.6 is 0 Å². The molecule has 2 heterocycles. The van der Waals surface area contributed by atoms with Crippen LogP contribution in [0.5, 0.6) is 0 Å². The second-order valence-electron chi connectivity index (χ2n) is 54.1. The standard InChI is InChI=1S/C18H25F9O4.2C17H28O2.2C16H26O3.C14H20O4.C10H16O4.C6H12O2/c1-5-13(2,3)12(28)31-11-7-9(14(4,29)16(19,20)21)6-10(8-11)15(30,17(22,23)24)18(25,26)27;2*1-5-16(2,3)15(18)19-17(4)13-7-11-6-12(9-13)10-14(17)8-11;2*1-4-14(2,3)13(17)19-16-8-11-5-12(9-16)7-15(18,6-11)10-16;1-4-14(2,3)13(16)18-10-7-5-8-9(6-7)12(15)17-11(8)10;1-4-10(2,3)9(12)14-7-5-6-13-8(7)11;1-4-6(2,3)5(7)8/h9-11,29-30H,5-8H2,1-4H3;2*11-14H,5-10H2,1-4H3;2*11-12,18H,4-10H2,1-3H3;7-11H,4-6H2,1-3H3;7H,4-6H2,1-3H3;4H2,1-3H3,(H,7,8). The Morgan fingerprint density at radius 3 is 0.952 bits per heavy atom. The van der Waals surface area contributed by atoms with Crippen LogP contribution in [0.15, 0.2) is 0 Å². The van der Waals surface area contributed by atoms with Crippen LogP contribution in [0, 0.1) is 144 Å². The van der Waals surface area contributed by atoms with Crippen LogP contribution in [0.2, 0.25) is 0 Å². The molecule has 2 saturated heterocycles. The van der Waals surface area contributed by atoms with E-state index >= 15 is 0 Å². The number of cyclic esters (lactones) is 1. The number of hydrogen-bond acceptors (Lipinski definition) is 23. The summed E-state index contributed by atoms with van der Waals surface area (Å²) in [6, 6.07) is 0. The third-order valence-corrected chi connectivity index (χ3v) is 39.8. The van der Waals surface area contributed by atoms with Crippen molar-refractivity contribution in [1.29, 1.82) is 0 Å². The van der Waals surface area contributed by atoms with Gasteiger partial charge in [0.25, 0.3) is 5.60 Å². The number of aliphatic hydroxyl groups is 4. The number of ether oxygens (including phenoxy) is 9. The maximum absolute atomic E-state index is 13.3.